The lowest BCUT2D eigenvalue weighted by molar-refractivity contribution is -0.159. The van der Waals surface area contributed by atoms with E-state index >= 15 is 0 Å². The maximum atomic E-state index is 12.6. The standard InChI is InChI=1S/C21H15F3N4O3/c22-21(23,24)20-26-18(27-31-20)14-5-7-16(8-6-14)30-17-9-10-28(12-17)19(29)15-3-1-13(11-25)2-4-15/h1-8,17H,9-10,12H2/t17-/m1/s1. The van der Waals surface area contributed by atoms with Gasteiger partial charge in [0.2, 0.25) is 5.82 Å². The first-order valence-corrected chi connectivity index (χ1v) is 9.31. The van der Waals surface area contributed by atoms with Gasteiger partial charge in [-0.3, -0.25) is 4.79 Å². The number of nitrogens with zero attached hydrogens (tertiary/aromatic N) is 4. The molecule has 158 valence electrons. The highest BCUT2D eigenvalue weighted by Gasteiger charge is 2.38. The normalized spacial score (nSPS) is 16.2. The van der Waals surface area contributed by atoms with Crippen molar-refractivity contribution in [3.63, 3.8) is 0 Å². The van der Waals surface area contributed by atoms with Gasteiger partial charge in [-0.15, -0.1) is 0 Å². The summed E-state index contributed by atoms with van der Waals surface area (Å²) in [4.78, 5) is 17.6. The van der Waals surface area contributed by atoms with E-state index in [1.54, 1.807) is 41.3 Å². The van der Waals surface area contributed by atoms with Gasteiger partial charge in [0, 0.05) is 24.1 Å². The van der Waals surface area contributed by atoms with Gasteiger partial charge >= 0.3 is 12.1 Å². The van der Waals surface area contributed by atoms with Crippen molar-refractivity contribution in [1.82, 2.24) is 15.0 Å². The molecule has 0 saturated carbocycles. The van der Waals surface area contributed by atoms with E-state index in [2.05, 4.69) is 14.7 Å². The van der Waals surface area contributed by atoms with Crippen molar-refractivity contribution in [1.29, 1.82) is 5.26 Å². The molecule has 4 rings (SSSR count). The fourth-order valence-electron chi connectivity index (χ4n) is 3.21. The molecule has 7 nitrogen and oxygen atoms in total. The number of hydrogen-bond acceptors (Lipinski definition) is 6. The van der Waals surface area contributed by atoms with Crippen molar-refractivity contribution in [2.75, 3.05) is 13.1 Å². The highest BCUT2D eigenvalue weighted by atomic mass is 19.4. The number of hydrogen-bond donors (Lipinski definition) is 0. The van der Waals surface area contributed by atoms with Crippen molar-refractivity contribution in [2.45, 2.75) is 18.7 Å². The number of nitriles is 1. The molecule has 2 aromatic carbocycles. The van der Waals surface area contributed by atoms with Crippen LogP contribution in [0.3, 0.4) is 0 Å². The Kier molecular flexibility index (Phi) is 5.33. The van der Waals surface area contributed by atoms with Gasteiger partial charge in [-0.25, -0.2) is 0 Å². The van der Waals surface area contributed by atoms with E-state index in [-0.39, 0.29) is 17.8 Å². The molecule has 10 heteroatoms. The van der Waals surface area contributed by atoms with E-state index in [1.807, 2.05) is 6.07 Å². The molecule has 0 N–H and O–H groups in total. The molecular formula is C21H15F3N4O3. The summed E-state index contributed by atoms with van der Waals surface area (Å²) in [6.45, 7) is 0.936. The molecule has 1 aliphatic heterocycles. The van der Waals surface area contributed by atoms with Crippen molar-refractivity contribution in [2.24, 2.45) is 0 Å². The van der Waals surface area contributed by atoms with E-state index in [0.717, 1.165) is 0 Å². The summed E-state index contributed by atoms with van der Waals surface area (Å²) in [6.07, 6.45) is -4.27. The maximum Gasteiger partial charge on any atom is 0.471 e. The van der Waals surface area contributed by atoms with Crippen LogP contribution in [0.5, 0.6) is 5.75 Å². The molecule has 0 radical (unpaired) electrons. The predicted octanol–water partition coefficient (Wildman–Crippen LogP) is 3.92. The lowest BCUT2D eigenvalue weighted by Gasteiger charge is -2.17. The minimum absolute atomic E-state index is 0.136. The largest absolute Gasteiger partial charge is 0.489 e. The quantitative estimate of drug-likeness (QED) is 0.626. The van der Waals surface area contributed by atoms with Crippen molar-refractivity contribution < 1.29 is 27.2 Å². The molecule has 1 aromatic heterocycles. The minimum atomic E-state index is -4.70. The summed E-state index contributed by atoms with van der Waals surface area (Å²) in [5, 5.41) is 12.2. The second kappa shape index (κ2) is 8.10. The topological polar surface area (TPSA) is 92.2 Å². The highest BCUT2D eigenvalue weighted by molar-refractivity contribution is 5.94. The van der Waals surface area contributed by atoms with Gasteiger partial charge in [0.25, 0.3) is 5.91 Å². The molecule has 0 bridgehead atoms. The Morgan fingerprint density at radius 1 is 1.16 bits per heavy atom. The molecule has 2 heterocycles. The highest BCUT2D eigenvalue weighted by Crippen LogP contribution is 2.30. The summed E-state index contributed by atoms with van der Waals surface area (Å²) >= 11 is 0. The van der Waals surface area contributed by atoms with E-state index in [1.165, 1.54) is 12.1 Å². The molecule has 3 aromatic rings. The van der Waals surface area contributed by atoms with Gasteiger partial charge in [-0.2, -0.15) is 23.4 Å². The van der Waals surface area contributed by atoms with E-state index in [9.17, 15) is 18.0 Å². The van der Waals surface area contributed by atoms with E-state index in [0.29, 0.717) is 42.0 Å². The number of alkyl halides is 3. The SMILES string of the molecule is N#Cc1ccc(C(=O)N2CC[C@@H](Oc3ccc(-c4noc(C(F)(F)F)n4)cc3)C2)cc1. The first-order chi connectivity index (χ1) is 14.8. The number of amides is 1. The zero-order chi connectivity index (χ0) is 22.0. The van der Waals surface area contributed by atoms with Crippen LogP contribution in [0.2, 0.25) is 0 Å². The van der Waals surface area contributed by atoms with Crippen LogP contribution in [-0.2, 0) is 6.18 Å². The number of aromatic nitrogens is 2. The lowest BCUT2D eigenvalue weighted by atomic mass is 10.1. The third-order valence-electron chi connectivity index (χ3n) is 4.78. The third-order valence-corrected chi connectivity index (χ3v) is 4.78. The first kappa shape index (κ1) is 20.4. The molecule has 0 aliphatic carbocycles. The Bertz CT molecular complexity index is 1120. The van der Waals surface area contributed by atoms with Crippen LogP contribution >= 0.6 is 0 Å². The Morgan fingerprint density at radius 3 is 2.48 bits per heavy atom. The number of rotatable bonds is 4. The first-order valence-electron chi connectivity index (χ1n) is 9.31. The van der Waals surface area contributed by atoms with E-state index < -0.39 is 12.1 Å². The van der Waals surface area contributed by atoms with Crippen LogP contribution < -0.4 is 4.74 Å². The van der Waals surface area contributed by atoms with Gasteiger partial charge in [0.15, 0.2) is 0 Å². The number of carbonyl (C=O) groups is 1. The number of carbonyl (C=O) groups excluding carboxylic acids is 1. The van der Waals surface area contributed by atoms with Crippen molar-refractivity contribution in [3.05, 3.63) is 65.5 Å². The van der Waals surface area contributed by atoms with Crippen molar-refractivity contribution >= 4 is 5.91 Å². The Morgan fingerprint density at radius 2 is 1.87 bits per heavy atom. The van der Waals surface area contributed by atoms with Crippen LogP contribution in [0.1, 0.15) is 28.2 Å². The molecule has 31 heavy (non-hydrogen) atoms. The molecule has 0 unspecified atom stereocenters. The smallest absolute Gasteiger partial charge is 0.471 e. The lowest BCUT2D eigenvalue weighted by Crippen LogP contribution is -2.30. The van der Waals surface area contributed by atoms with Gasteiger partial charge in [0.05, 0.1) is 18.2 Å². The summed E-state index contributed by atoms with van der Waals surface area (Å²) in [5.41, 5.74) is 1.34. The average Bonchev–Trinajstić information content (AvgIpc) is 3.44. The van der Waals surface area contributed by atoms with Crippen LogP contribution in [-0.4, -0.2) is 40.1 Å². The fraction of sp³-hybridized carbons (Fsp3) is 0.238. The monoisotopic (exact) mass is 428 g/mol. The second-order valence-electron chi connectivity index (χ2n) is 6.91. The number of benzene rings is 2. The Balaban J connectivity index is 1.36. The third kappa shape index (κ3) is 4.50. The van der Waals surface area contributed by atoms with Gasteiger partial charge in [0.1, 0.15) is 11.9 Å². The fourth-order valence-corrected chi connectivity index (χ4v) is 3.21. The van der Waals surface area contributed by atoms with Crippen LogP contribution in [0.25, 0.3) is 11.4 Å². The zero-order valence-corrected chi connectivity index (χ0v) is 16.0. The minimum Gasteiger partial charge on any atom is -0.489 e. The molecule has 0 spiro atoms. The number of halogens is 3. The van der Waals surface area contributed by atoms with Crippen LogP contribution in [0.4, 0.5) is 13.2 Å². The molecular weight excluding hydrogens is 413 g/mol. The summed E-state index contributed by atoms with van der Waals surface area (Å²) in [6, 6.07) is 14.7. The van der Waals surface area contributed by atoms with Crippen LogP contribution in [0.15, 0.2) is 53.1 Å². The van der Waals surface area contributed by atoms with Gasteiger partial charge < -0.3 is 14.2 Å². The summed E-state index contributed by atoms with van der Waals surface area (Å²) in [5.74, 6) is -1.19. The molecule has 1 atom stereocenters. The Hall–Kier alpha value is -3.87. The van der Waals surface area contributed by atoms with Crippen molar-refractivity contribution in [3.8, 4) is 23.2 Å². The second-order valence-corrected chi connectivity index (χ2v) is 6.91. The number of likely N-dealkylation sites (tertiary alicyclic amines) is 1. The molecule has 1 fully saturated rings. The average molecular weight is 428 g/mol. The summed E-state index contributed by atoms with van der Waals surface area (Å²) < 4.78 is 47.9. The zero-order valence-electron chi connectivity index (χ0n) is 16.0. The molecule has 1 aliphatic rings. The van der Waals surface area contributed by atoms with Gasteiger partial charge in [-0.05, 0) is 48.5 Å². The van der Waals surface area contributed by atoms with E-state index in [4.69, 9.17) is 10.00 Å². The Labute approximate surface area is 174 Å². The maximum absolute atomic E-state index is 12.6. The van der Waals surface area contributed by atoms with Crippen LogP contribution in [0, 0.1) is 11.3 Å². The summed E-state index contributed by atoms with van der Waals surface area (Å²) in [7, 11) is 0. The van der Waals surface area contributed by atoms with Gasteiger partial charge in [-0.1, -0.05) is 5.16 Å². The molecule has 1 amide bonds. The predicted molar refractivity (Wildman–Crippen MR) is 101 cm³/mol. The number of ether oxygens (including phenoxy) is 1. The molecule has 1 saturated heterocycles.